The van der Waals surface area contributed by atoms with Crippen LogP contribution in [0.15, 0.2) is 212 Å². The number of nitrogens with zero attached hydrogens (tertiary/aromatic N) is 3. The summed E-state index contributed by atoms with van der Waals surface area (Å²) < 4.78 is 9.15. The van der Waals surface area contributed by atoms with E-state index in [0.717, 1.165) is 94.0 Å². The van der Waals surface area contributed by atoms with Crippen LogP contribution >= 0.6 is 11.3 Å². The highest BCUT2D eigenvalue weighted by Crippen LogP contribution is 2.53. The Labute approximate surface area is 357 Å². The van der Waals surface area contributed by atoms with E-state index in [9.17, 15) is 0 Å². The van der Waals surface area contributed by atoms with E-state index >= 15 is 0 Å². The molecule has 11 aromatic rings. The summed E-state index contributed by atoms with van der Waals surface area (Å²) in [6.07, 6.45) is 0. The van der Waals surface area contributed by atoms with Crippen LogP contribution in [0.25, 0.3) is 87.1 Å². The van der Waals surface area contributed by atoms with Crippen molar-refractivity contribution in [3.05, 3.63) is 212 Å². The zero-order chi connectivity index (χ0) is 40.3. The Kier molecular flexibility index (Phi) is 8.32. The molecule has 9 aromatic carbocycles. The molecule has 61 heavy (non-hydrogen) atoms. The van der Waals surface area contributed by atoms with Crippen molar-refractivity contribution < 1.29 is 4.74 Å². The topological polar surface area (TPSA) is 38.2 Å². The Bertz CT molecular complexity index is 3450. The van der Waals surface area contributed by atoms with E-state index in [1.807, 2.05) is 0 Å². The van der Waals surface area contributed by atoms with E-state index < -0.39 is 0 Å². The van der Waals surface area contributed by atoms with E-state index in [2.05, 4.69) is 217 Å². The molecule has 0 N–H and O–H groups in total. The van der Waals surface area contributed by atoms with Gasteiger partial charge in [0.25, 0.3) is 0 Å². The molecule has 0 amide bonds. The quantitative estimate of drug-likeness (QED) is 0.161. The minimum absolute atomic E-state index is 0.664. The van der Waals surface area contributed by atoms with E-state index in [1.165, 1.54) is 15.8 Å². The third-order valence-electron chi connectivity index (χ3n) is 11.7. The second kappa shape index (κ2) is 14.5. The van der Waals surface area contributed by atoms with Crippen LogP contribution in [0.1, 0.15) is 0 Å². The SMILES string of the molecule is c1ccc(-c2cccc(-c3nc(-c4cccc5c4-c4cccc6c(N(c7ccccc7)c7cccc(-c8ccccc8)c7)ccc(c46)O5)nc4c3sc3ccccc34)c2)cc1. The van der Waals surface area contributed by atoms with Crippen LogP contribution in [-0.4, -0.2) is 9.97 Å². The van der Waals surface area contributed by atoms with Crippen molar-refractivity contribution in [2.24, 2.45) is 0 Å². The fourth-order valence-electron chi connectivity index (χ4n) is 8.89. The Hall–Kier alpha value is -7.86. The maximum absolute atomic E-state index is 6.89. The first kappa shape index (κ1) is 35.1. The molecule has 4 nitrogen and oxygen atoms in total. The summed E-state index contributed by atoms with van der Waals surface area (Å²) in [4.78, 5) is 13.3. The summed E-state index contributed by atoms with van der Waals surface area (Å²) in [5.41, 5.74) is 13.8. The summed E-state index contributed by atoms with van der Waals surface area (Å²) in [6, 6.07) is 74.9. The van der Waals surface area contributed by atoms with E-state index in [0.29, 0.717) is 5.82 Å². The molecule has 1 aliphatic rings. The van der Waals surface area contributed by atoms with Crippen LogP contribution in [0.4, 0.5) is 17.1 Å². The van der Waals surface area contributed by atoms with Gasteiger partial charge < -0.3 is 9.64 Å². The highest BCUT2D eigenvalue weighted by atomic mass is 32.1. The van der Waals surface area contributed by atoms with Gasteiger partial charge in [-0.15, -0.1) is 11.3 Å². The normalized spacial score (nSPS) is 11.7. The third kappa shape index (κ3) is 5.97. The summed E-state index contributed by atoms with van der Waals surface area (Å²) in [5, 5.41) is 3.27. The number of ether oxygens (including phenoxy) is 1. The van der Waals surface area contributed by atoms with Gasteiger partial charge in [0, 0.05) is 48.9 Å². The van der Waals surface area contributed by atoms with Gasteiger partial charge in [-0.05, 0) is 82.4 Å². The second-order valence-corrected chi connectivity index (χ2v) is 16.3. The minimum atomic E-state index is 0.664. The monoisotopic (exact) mass is 797 g/mol. The molecule has 2 aromatic heterocycles. The predicted molar refractivity (Wildman–Crippen MR) is 254 cm³/mol. The molecular weight excluding hydrogens is 763 g/mol. The first-order valence-corrected chi connectivity index (χ1v) is 21.3. The average molecular weight is 798 g/mol. The molecule has 0 atom stereocenters. The van der Waals surface area contributed by atoms with Gasteiger partial charge in [-0.1, -0.05) is 158 Å². The molecule has 3 heterocycles. The molecule has 0 saturated carbocycles. The third-order valence-corrected chi connectivity index (χ3v) is 12.8. The van der Waals surface area contributed by atoms with Gasteiger partial charge in [-0.25, -0.2) is 9.97 Å². The number of hydrogen-bond acceptors (Lipinski definition) is 5. The maximum Gasteiger partial charge on any atom is 0.161 e. The number of benzene rings is 9. The van der Waals surface area contributed by atoms with Crippen LogP contribution < -0.4 is 9.64 Å². The average Bonchev–Trinajstić information content (AvgIpc) is 3.72. The Balaban J connectivity index is 1.06. The first-order chi connectivity index (χ1) is 30.2. The van der Waals surface area contributed by atoms with Crippen LogP contribution in [0.5, 0.6) is 11.5 Å². The molecule has 0 aliphatic carbocycles. The van der Waals surface area contributed by atoms with Crippen LogP contribution in [0.2, 0.25) is 0 Å². The van der Waals surface area contributed by atoms with Gasteiger partial charge >= 0.3 is 0 Å². The molecule has 0 fully saturated rings. The summed E-state index contributed by atoms with van der Waals surface area (Å²) in [7, 11) is 0. The van der Waals surface area contributed by atoms with E-state index in [1.54, 1.807) is 11.3 Å². The molecule has 1 aliphatic heterocycles. The van der Waals surface area contributed by atoms with Gasteiger partial charge in [0.2, 0.25) is 0 Å². The van der Waals surface area contributed by atoms with Gasteiger partial charge in [-0.2, -0.15) is 0 Å². The number of rotatable bonds is 7. The Morgan fingerprint density at radius 3 is 1.84 bits per heavy atom. The maximum atomic E-state index is 6.89. The second-order valence-electron chi connectivity index (χ2n) is 15.3. The molecule has 286 valence electrons. The fraction of sp³-hybridized carbons (Fsp3) is 0. The molecular formula is C56H35N3OS. The first-order valence-electron chi connectivity index (χ1n) is 20.5. The van der Waals surface area contributed by atoms with E-state index in [-0.39, 0.29) is 0 Å². The van der Waals surface area contributed by atoms with Gasteiger partial charge in [0.15, 0.2) is 5.82 Å². The summed E-state index contributed by atoms with van der Waals surface area (Å²) in [6.45, 7) is 0. The smallest absolute Gasteiger partial charge is 0.161 e. The highest BCUT2D eigenvalue weighted by molar-refractivity contribution is 7.26. The van der Waals surface area contributed by atoms with Crippen molar-refractivity contribution in [3.63, 3.8) is 0 Å². The van der Waals surface area contributed by atoms with E-state index in [4.69, 9.17) is 14.7 Å². The van der Waals surface area contributed by atoms with Crippen molar-refractivity contribution in [1.29, 1.82) is 0 Å². The number of fused-ring (bicyclic) bond motifs is 5. The molecule has 0 radical (unpaired) electrons. The number of para-hydroxylation sites is 1. The number of aromatic nitrogens is 2. The molecule has 0 saturated heterocycles. The van der Waals surface area contributed by atoms with Crippen LogP contribution in [0.3, 0.4) is 0 Å². The Morgan fingerprint density at radius 1 is 0.426 bits per heavy atom. The van der Waals surface area contributed by atoms with Gasteiger partial charge in [0.1, 0.15) is 11.5 Å². The molecule has 0 bridgehead atoms. The zero-order valence-corrected chi connectivity index (χ0v) is 33.7. The van der Waals surface area contributed by atoms with Crippen LogP contribution in [0, 0.1) is 0 Å². The van der Waals surface area contributed by atoms with Crippen molar-refractivity contribution in [3.8, 4) is 67.5 Å². The lowest BCUT2D eigenvalue weighted by atomic mass is 9.90. The van der Waals surface area contributed by atoms with Crippen molar-refractivity contribution in [2.75, 3.05) is 4.90 Å². The highest BCUT2D eigenvalue weighted by Gasteiger charge is 2.28. The minimum Gasteiger partial charge on any atom is -0.456 e. The van der Waals surface area contributed by atoms with Gasteiger partial charge in [0.05, 0.1) is 21.6 Å². The lowest BCUT2D eigenvalue weighted by Crippen LogP contribution is -2.11. The van der Waals surface area contributed by atoms with Crippen molar-refractivity contribution >= 4 is 59.5 Å². The van der Waals surface area contributed by atoms with Crippen LogP contribution in [-0.2, 0) is 0 Å². The van der Waals surface area contributed by atoms with Crippen molar-refractivity contribution in [2.45, 2.75) is 0 Å². The Morgan fingerprint density at radius 2 is 1.03 bits per heavy atom. The lowest BCUT2D eigenvalue weighted by molar-refractivity contribution is 0.487. The predicted octanol–water partition coefficient (Wildman–Crippen LogP) is 15.9. The summed E-state index contributed by atoms with van der Waals surface area (Å²) in [5.74, 6) is 2.27. The zero-order valence-electron chi connectivity index (χ0n) is 32.9. The molecule has 0 unspecified atom stereocenters. The summed E-state index contributed by atoms with van der Waals surface area (Å²) >= 11 is 1.75. The largest absolute Gasteiger partial charge is 0.456 e. The number of anilines is 3. The molecule has 12 rings (SSSR count). The van der Waals surface area contributed by atoms with Crippen molar-refractivity contribution in [1.82, 2.24) is 9.97 Å². The fourth-order valence-corrected chi connectivity index (χ4v) is 10.0. The number of hydrogen-bond donors (Lipinski definition) is 0. The van der Waals surface area contributed by atoms with Gasteiger partial charge in [-0.3, -0.25) is 0 Å². The lowest BCUT2D eigenvalue weighted by Gasteiger charge is -2.30. The molecule has 0 spiro atoms. The standard InChI is InChI=1S/C56H35N3OS/c1-4-16-36(17-5-1)38-20-12-22-40(34-38)53-55-54(44-26-10-11-31-50(44)61-55)58-56(57-53)46-29-15-30-48-52(46)45-28-14-27-43-47(32-33-49(60-48)51(43)45)59(41-23-8-3-9-24-41)42-25-13-21-39(35-42)37-18-6-2-7-19-37/h1-35H. The molecule has 5 heteroatoms. The number of thiophene rings is 1.